The number of allylic oxidation sites excluding steroid dienone is 3. The van der Waals surface area contributed by atoms with Crippen LogP contribution >= 0.6 is 0 Å². The first-order valence-electron chi connectivity index (χ1n) is 11.2. The Morgan fingerprint density at radius 3 is 2.31 bits per heavy atom. The predicted octanol–water partition coefficient (Wildman–Crippen LogP) is 3.66. The van der Waals surface area contributed by atoms with Crippen LogP contribution in [0.1, 0.15) is 39.7 Å². The molecule has 2 rings (SSSR count). The molecule has 1 aliphatic heterocycles. The first kappa shape index (κ1) is 27.5. The second-order valence-corrected chi connectivity index (χ2v) is 9.10. The molecule has 0 aromatic heterocycles. The highest BCUT2D eigenvalue weighted by molar-refractivity contribution is 6.02. The second kappa shape index (κ2) is 11.6. The van der Waals surface area contributed by atoms with Gasteiger partial charge in [-0.15, -0.1) is 5.73 Å². The van der Waals surface area contributed by atoms with E-state index in [2.05, 4.69) is 24.2 Å². The van der Waals surface area contributed by atoms with Crippen LogP contribution in [-0.2, 0) is 34.1 Å². The molecular weight excluding hydrogens is 448 g/mol. The summed E-state index contributed by atoms with van der Waals surface area (Å²) >= 11 is 0. The number of carbonyl (C=O) groups is 4. The van der Waals surface area contributed by atoms with E-state index in [4.69, 9.17) is 9.47 Å². The van der Waals surface area contributed by atoms with E-state index >= 15 is 0 Å². The number of likely N-dealkylation sites (tertiary alicyclic amines) is 1. The average molecular weight is 481 g/mol. The number of β-lactam (4-membered cyclic amide) rings is 1. The van der Waals surface area contributed by atoms with Gasteiger partial charge in [0.25, 0.3) is 0 Å². The molecule has 0 unspecified atom stereocenters. The zero-order valence-corrected chi connectivity index (χ0v) is 20.7. The quantitative estimate of drug-likeness (QED) is 0.171. The molecule has 0 saturated carbocycles. The molecule has 0 radical (unpaired) electrons. The molecule has 0 spiro atoms. The molecule has 1 aromatic carbocycles. The summed E-state index contributed by atoms with van der Waals surface area (Å²) in [6.07, 6.45) is 4.69. The number of imide groups is 1. The summed E-state index contributed by atoms with van der Waals surface area (Å²) in [5, 5.41) is 2.69. The number of rotatable bonds is 11. The van der Waals surface area contributed by atoms with Crippen molar-refractivity contribution in [2.45, 2.75) is 39.5 Å². The molecule has 186 valence electrons. The van der Waals surface area contributed by atoms with Gasteiger partial charge in [-0.1, -0.05) is 59.1 Å². The van der Waals surface area contributed by atoms with Crippen molar-refractivity contribution in [3.8, 4) is 0 Å². The Morgan fingerprint density at radius 1 is 1.14 bits per heavy atom. The molecule has 0 bridgehead atoms. The van der Waals surface area contributed by atoms with Gasteiger partial charge in [-0.05, 0) is 23.8 Å². The van der Waals surface area contributed by atoms with Crippen molar-refractivity contribution in [3.05, 3.63) is 72.7 Å². The maximum atomic E-state index is 12.9. The third-order valence-electron chi connectivity index (χ3n) is 6.29. The smallest absolute Gasteiger partial charge is 0.337 e. The minimum atomic E-state index is -0.821. The Labute approximate surface area is 206 Å². The topological polar surface area (TPSA) is 102 Å². The van der Waals surface area contributed by atoms with Crippen molar-refractivity contribution in [3.63, 3.8) is 0 Å². The van der Waals surface area contributed by atoms with Gasteiger partial charge in [0.2, 0.25) is 17.7 Å². The molecule has 1 aromatic rings. The maximum Gasteiger partial charge on any atom is 0.337 e. The van der Waals surface area contributed by atoms with Crippen LogP contribution in [0.2, 0.25) is 0 Å². The highest BCUT2D eigenvalue weighted by Gasteiger charge is 2.48. The van der Waals surface area contributed by atoms with Crippen LogP contribution < -0.4 is 5.32 Å². The summed E-state index contributed by atoms with van der Waals surface area (Å²) < 4.78 is 10.2. The van der Waals surface area contributed by atoms with Crippen LogP contribution in [0.25, 0.3) is 0 Å². The lowest BCUT2D eigenvalue weighted by molar-refractivity contribution is -0.160. The zero-order valence-electron chi connectivity index (χ0n) is 20.7. The van der Waals surface area contributed by atoms with E-state index in [1.54, 1.807) is 12.1 Å². The Balaban J connectivity index is 1.91. The fourth-order valence-corrected chi connectivity index (χ4v) is 3.38. The van der Waals surface area contributed by atoms with E-state index in [0.717, 1.165) is 5.56 Å². The highest BCUT2D eigenvalue weighted by atomic mass is 16.6. The number of amides is 3. The van der Waals surface area contributed by atoms with Crippen molar-refractivity contribution in [1.29, 1.82) is 0 Å². The standard InChI is InChI=1S/C27H32N2O6/c1-7-9-21(10-8-2)35-24(32)18-34-17-22(30)28-20-13-11-19(12-14-20)26(3,4)27(5,6)25(33)29-16-15-23(29)31/h7,9-14H,1-2,15-18H2,3-6H3,(H,28,30)/b21-9+. The van der Waals surface area contributed by atoms with Gasteiger partial charge in [-0.3, -0.25) is 19.3 Å². The van der Waals surface area contributed by atoms with E-state index < -0.39 is 29.3 Å². The van der Waals surface area contributed by atoms with E-state index in [0.29, 0.717) is 18.7 Å². The summed E-state index contributed by atoms with van der Waals surface area (Å²) in [6, 6.07) is 7.13. The van der Waals surface area contributed by atoms with Crippen molar-refractivity contribution in [2.75, 3.05) is 25.1 Å². The third kappa shape index (κ3) is 6.66. The van der Waals surface area contributed by atoms with Gasteiger partial charge in [0.15, 0.2) is 0 Å². The first-order valence-corrected chi connectivity index (χ1v) is 11.2. The lowest BCUT2D eigenvalue weighted by Crippen LogP contribution is -2.57. The summed E-state index contributed by atoms with van der Waals surface area (Å²) in [6.45, 7) is 14.2. The first-order chi connectivity index (χ1) is 16.4. The predicted molar refractivity (Wildman–Crippen MR) is 132 cm³/mol. The van der Waals surface area contributed by atoms with Crippen molar-refractivity contribution >= 4 is 29.4 Å². The largest absolute Gasteiger partial charge is 0.424 e. The molecule has 1 saturated heterocycles. The van der Waals surface area contributed by atoms with E-state index in [1.165, 1.54) is 23.1 Å². The van der Waals surface area contributed by atoms with E-state index in [-0.39, 0.29) is 24.2 Å². The Morgan fingerprint density at radius 2 is 1.80 bits per heavy atom. The van der Waals surface area contributed by atoms with Gasteiger partial charge >= 0.3 is 5.97 Å². The molecule has 1 aliphatic rings. The summed E-state index contributed by atoms with van der Waals surface area (Å²) in [5.74, 6) is -1.25. The maximum absolute atomic E-state index is 12.9. The number of ether oxygens (including phenoxy) is 2. The Kier molecular flexibility index (Phi) is 9.12. The highest BCUT2D eigenvalue weighted by Crippen LogP contribution is 2.43. The lowest BCUT2D eigenvalue weighted by atomic mass is 9.63. The van der Waals surface area contributed by atoms with E-state index in [1.807, 2.05) is 39.8 Å². The number of nitrogens with one attached hydrogen (secondary N) is 1. The van der Waals surface area contributed by atoms with Crippen LogP contribution in [-0.4, -0.2) is 48.3 Å². The number of hydrogen-bond donors (Lipinski definition) is 1. The number of hydrogen-bond acceptors (Lipinski definition) is 6. The fourth-order valence-electron chi connectivity index (χ4n) is 3.38. The molecule has 1 heterocycles. The van der Waals surface area contributed by atoms with Crippen LogP contribution in [0, 0.1) is 5.41 Å². The lowest BCUT2D eigenvalue weighted by Gasteiger charge is -2.45. The molecule has 1 N–H and O–H groups in total. The van der Waals surface area contributed by atoms with Gasteiger partial charge in [-0.2, -0.15) is 0 Å². The number of benzene rings is 1. The van der Waals surface area contributed by atoms with Crippen LogP contribution in [0.5, 0.6) is 0 Å². The van der Waals surface area contributed by atoms with Crippen LogP contribution in [0.3, 0.4) is 0 Å². The van der Waals surface area contributed by atoms with Crippen molar-refractivity contribution in [2.24, 2.45) is 5.41 Å². The van der Waals surface area contributed by atoms with Gasteiger partial charge in [0, 0.05) is 30.1 Å². The van der Waals surface area contributed by atoms with Gasteiger partial charge in [0.1, 0.15) is 19.0 Å². The normalized spacial score (nSPS) is 13.9. The van der Waals surface area contributed by atoms with Gasteiger partial charge in [0.05, 0.1) is 5.41 Å². The fraction of sp³-hybridized carbons (Fsp3) is 0.370. The zero-order chi connectivity index (χ0) is 26.2. The number of carbonyl (C=O) groups excluding carboxylic acids is 4. The second-order valence-electron chi connectivity index (χ2n) is 9.10. The Hall–Kier alpha value is -3.74. The average Bonchev–Trinajstić information content (AvgIpc) is 2.78. The van der Waals surface area contributed by atoms with Gasteiger partial charge < -0.3 is 14.8 Å². The number of nitrogens with zero attached hydrogens (tertiary/aromatic N) is 1. The van der Waals surface area contributed by atoms with E-state index in [9.17, 15) is 19.2 Å². The third-order valence-corrected chi connectivity index (χ3v) is 6.29. The molecule has 35 heavy (non-hydrogen) atoms. The number of esters is 1. The SMILES string of the molecule is C=C=C/C(=C\C=C)OC(=O)COCC(=O)Nc1ccc(C(C)(C)C(C)(C)C(=O)N2CCC2=O)cc1. The van der Waals surface area contributed by atoms with Gasteiger partial charge in [-0.25, -0.2) is 4.79 Å². The summed E-state index contributed by atoms with van der Waals surface area (Å²) in [4.78, 5) is 50.0. The number of anilines is 1. The minimum Gasteiger partial charge on any atom is -0.424 e. The molecule has 0 atom stereocenters. The Bertz CT molecular complexity index is 1080. The minimum absolute atomic E-state index is 0.144. The molecule has 8 heteroatoms. The van der Waals surface area contributed by atoms with Crippen LogP contribution in [0.15, 0.2) is 67.1 Å². The monoisotopic (exact) mass is 480 g/mol. The molecule has 1 fully saturated rings. The molecule has 3 amide bonds. The summed E-state index contributed by atoms with van der Waals surface area (Å²) in [7, 11) is 0. The van der Waals surface area contributed by atoms with Crippen molar-refractivity contribution in [1.82, 2.24) is 4.90 Å². The molecular formula is C27H32N2O6. The summed E-state index contributed by atoms with van der Waals surface area (Å²) in [5.41, 5.74) is 2.52. The molecule has 0 aliphatic carbocycles. The van der Waals surface area contributed by atoms with Crippen molar-refractivity contribution < 1.29 is 28.7 Å². The van der Waals surface area contributed by atoms with Crippen LogP contribution in [0.4, 0.5) is 5.69 Å². The molecule has 8 nitrogen and oxygen atoms in total.